The second kappa shape index (κ2) is 12.5. The first-order valence-electron chi connectivity index (χ1n) is 12.3. The van der Waals surface area contributed by atoms with Crippen LogP contribution in [0.1, 0.15) is 43.5 Å². The highest BCUT2D eigenvalue weighted by molar-refractivity contribution is 7.89. The zero-order valence-electron chi connectivity index (χ0n) is 21.7. The van der Waals surface area contributed by atoms with Crippen LogP contribution in [0.5, 0.6) is 5.75 Å². The molecule has 0 saturated carbocycles. The average Bonchev–Trinajstić information content (AvgIpc) is 3.27. The van der Waals surface area contributed by atoms with Gasteiger partial charge in [0.25, 0.3) is 5.91 Å². The number of halogens is 1. The number of amides is 1. The third kappa shape index (κ3) is 6.61. The number of thiazole rings is 1. The number of likely N-dealkylation sites (N-methyl/N-ethyl adjacent to an activating group) is 1. The highest BCUT2D eigenvalue weighted by atomic mass is 35.5. The van der Waals surface area contributed by atoms with E-state index < -0.39 is 10.0 Å². The van der Waals surface area contributed by atoms with Gasteiger partial charge in [0.2, 0.25) is 10.0 Å². The Morgan fingerprint density at radius 1 is 1.14 bits per heavy atom. The van der Waals surface area contributed by atoms with E-state index in [2.05, 4.69) is 0 Å². The molecule has 0 aliphatic carbocycles. The van der Waals surface area contributed by atoms with Gasteiger partial charge >= 0.3 is 0 Å². The maximum atomic E-state index is 13.6. The number of anilines is 1. The molecule has 3 aromatic rings. The number of aromatic nitrogens is 1. The zero-order valence-corrected chi connectivity index (χ0v) is 24.2. The molecule has 8 nitrogen and oxygen atoms in total. The first-order chi connectivity index (χ1) is 17.2. The Bertz CT molecular complexity index is 1310. The normalized spacial score (nSPS) is 16.5. The predicted octanol–water partition coefficient (Wildman–Crippen LogP) is 4.89. The van der Waals surface area contributed by atoms with Crippen LogP contribution in [0.15, 0.2) is 47.4 Å². The Morgan fingerprint density at radius 2 is 1.86 bits per heavy atom. The molecule has 1 aliphatic heterocycles. The Labute approximate surface area is 229 Å². The molecule has 2 aromatic carbocycles. The molecule has 11 heteroatoms. The van der Waals surface area contributed by atoms with Gasteiger partial charge in [0, 0.05) is 31.2 Å². The summed E-state index contributed by atoms with van der Waals surface area (Å²) in [5.74, 6) is 0.558. The highest BCUT2D eigenvalue weighted by Gasteiger charge is 2.31. The fraction of sp³-hybridized carbons (Fsp3) is 0.462. The third-order valence-corrected chi connectivity index (χ3v) is 9.43. The van der Waals surface area contributed by atoms with Crippen LogP contribution in [0.25, 0.3) is 10.2 Å². The van der Waals surface area contributed by atoms with E-state index in [9.17, 15) is 13.2 Å². The Morgan fingerprint density at radius 3 is 2.51 bits per heavy atom. The molecule has 0 N–H and O–H groups in total. The maximum Gasteiger partial charge on any atom is 0.260 e. The number of hydrogen-bond donors (Lipinski definition) is 0. The van der Waals surface area contributed by atoms with E-state index in [-0.39, 0.29) is 29.3 Å². The summed E-state index contributed by atoms with van der Waals surface area (Å²) in [4.78, 5) is 22.2. The van der Waals surface area contributed by atoms with E-state index in [0.717, 1.165) is 35.2 Å². The summed E-state index contributed by atoms with van der Waals surface area (Å²) >= 11 is 1.44. The number of nitrogens with zero attached hydrogens (tertiary/aromatic N) is 4. The molecule has 1 atom stereocenters. The lowest BCUT2D eigenvalue weighted by atomic mass is 10.1. The number of hydrogen-bond acceptors (Lipinski definition) is 7. The van der Waals surface area contributed by atoms with E-state index in [1.54, 1.807) is 33.5 Å². The van der Waals surface area contributed by atoms with Gasteiger partial charge in [0.1, 0.15) is 5.75 Å². The molecular formula is C26H35ClN4O4S2. The number of rotatable bonds is 9. The number of piperidine rings is 1. The van der Waals surface area contributed by atoms with Gasteiger partial charge in [-0.15, -0.1) is 12.4 Å². The van der Waals surface area contributed by atoms with Gasteiger partial charge in [-0.1, -0.05) is 17.8 Å². The number of ether oxygens (including phenoxy) is 1. The number of carbonyl (C=O) groups excluding carboxylic acids is 1. The van der Waals surface area contributed by atoms with Crippen molar-refractivity contribution in [1.29, 1.82) is 0 Å². The predicted molar refractivity (Wildman–Crippen MR) is 152 cm³/mol. The van der Waals surface area contributed by atoms with Gasteiger partial charge in [-0.2, -0.15) is 4.31 Å². The first-order valence-corrected chi connectivity index (χ1v) is 14.6. The van der Waals surface area contributed by atoms with Crippen molar-refractivity contribution in [3.8, 4) is 5.75 Å². The van der Waals surface area contributed by atoms with Gasteiger partial charge in [0.15, 0.2) is 5.13 Å². The van der Waals surface area contributed by atoms with E-state index in [1.165, 1.54) is 11.3 Å². The maximum absolute atomic E-state index is 13.6. The summed E-state index contributed by atoms with van der Waals surface area (Å²) < 4.78 is 34.5. The lowest BCUT2D eigenvalue weighted by molar-refractivity contribution is 0.0985. The van der Waals surface area contributed by atoms with E-state index in [4.69, 9.17) is 9.72 Å². The molecule has 1 aliphatic rings. The summed E-state index contributed by atoms with van der Waals surface area (Å²) in [6, 6.07) is 12.0. The molecule has 202 valence electrons. The standard InChI is InChI=1S/C26H34N4O4S2.ClH/c1-5-34-21-11-14-23-24(18-21)35-26(27-23)29(17-16-28(3)4)25(31)20-9-12-22(13-10-20)36(32,33)30-15-7-6-8-19(30)2;/h9-14,18-19H,5-8,15-17H2,1-4H3;1H. The smallest absolute Gasteiger partial charge is 0.260 e. The van der Waals surface area contributed by atoms with Crippen LogP contribution in [-0.2, 0) is 10.0 Å². The molecule has 1 saturated heterocycles. The van der Waals surface area contributed by atoms with Crippen molar-refractivity contribution in [2.45, 2.75) is 44.0 Å². The minimum Gasteiger partial charge on any atom is -0.494 e. The van der Waals surface area contributed by atoms with Gasteiger partial charge in [-0.25, -0.2) is 13.4 Å². The number of benzene rings is 2. The largest absolute Gasteiger partial charge is 0.494 e. The average molecular weight is 567 g/mol. The Balaban J connectivity index is 0.00000380. The van der Waals surface area contributed by atoms with E-state index in [0.29, 0.717) is 36.9 Å². The SMILES string of the molecule is CCOc1ccc2nc(N(CCN(C)C)C(=O)c3ccc(S(=O)(=O)N4CCCCC4C)cc3)sc2c1.Cl. The number of fused-ring (bicyclic) bond motifs is 1. The molecule has 4 rings (SSSR count). The van der Waals surface area contributed by atoms with Crippen LogP contribution >= 0.6 is 23.7 Å². The molecule has 37 heavy (non-hydrogen) atoms. The Kier molecular flexibility index (Phi) is 9.93. The van der Waals surface area contributed by atoms with E-state index >= 15 is 0 Å². The van der Waals surface area contributed by atoms with Gasteiger partial charge < -0.3 is 9.64 Å². The number of sulfonamides is 1. The quantitative estimate of drug-likeness (QED) is 0.367. The van der Waals surface area contributed by atoms with Crippen molar-refractivity contribution in [1.82, 2.24) is 14.2 Å². The van der Waals surface area contributed by atoms with Crippen LogP contribution in [0.2, 0.25) is 0 Å². The summed E-state index contributed by atoms with van der Waals surface area (Å²) in [5.41, 5.74) is 1.23. The van der Waals surface area contributed by atoms with Crippen molar-refractivity contribution in [3.63, 3.8) is 0 Å². The third-order valence-electron chi connectivity index (χ3n) is 6.36. The van der Waals surface area contributed by atoms with Gasteiger partial charge in [0.05, 0.1) is 21.7 Å². The molecule has 0 bridgehead atoms. The highest BCUT2D eigenvalue weighted by Crippen LogP contribution is 2.32. The molecule has 1 aromatic heterocycles. The van der Waals surface area contributed by atoms with Crippen LogP contribution in [0.3, 0.4) is 0 Å². The summed E-state index contributed by atoms with van der Waals surface area (Å²) in [6.07, 6.45) is 2.78. The van der Waals surface area contributed by atoms with Crippen molar-refractivity contribution in [3.05, 3.63) is 48.0 Å². The van der Waals surface area contributed by atoms with E-state index in [1.807, 2.05) is 51.0 Å². The molecule has 1 unspecified atom stereocenters. The summed E-state index contributed by atoms with van der Waals surface area (Å²) in [7, 11) is 0.316. The second-order valence-corrected chi connectivity index (χ2v) is 12.2. The van der Waals surface area contributed by atoms with Crippen LogP contribution in [-0.4, -0.2) is 74.9 Å². The zero-order chi connectivity index (χ0) is 25.9. The minimum absolute atomic E-state index is 0. The van der Waals surface area contributed by atoms with Crippen molar-refractivity contribution in [2.75, 3.05) is 45.2 Å². The van der Waals surface area contributed by atoms with Gasteiger partial charge in [-0.3, -0.25) is 9.69 Å². The first kappa shape index (κ1) is 29.3. The van der Waals surface area contributed by atoms with Crippen LogP contribution in [0.4, 0.5) is 5.13 Å². The van der Waals surface area contributed by atoms with Crippen molar-refractivity contribution in [2.24, 2.45) is 0 Å². The lowest BCUT2D eigenvalue weighted by Crippen LogP contribution is -2.41. The molecular weight excluding hydrogens is 532 g/mol. The molecule has 2 heterocycles. The molecule has 1 fully saturated rings. The topological polar surface area (TPSA) is 83.0 Å². The fourth-order valence-electron chi connectivity index (χ4n) is 4.34. The molecule has 1 amide bonds. The van der Waals surface area contributed by atoms with Crippen LogP contribution in [0, 0.1) is 0 Å². The number of carbonyl (C=O) groups is 1. The van der Waals surface area contributed by atoms with Crippen molar-refractivity contribution < 1.29 is 17.9 Å². The lowest BCUT2D eigenvalue weighted by Gasteiger charge is -2.32. The van der Waals surface area contributed by atoms with Gasteiger partial charge in [-0.05, 0) is 83.2 Å². The minimum atomic E-state index is -3.59. The fourth-order valence-corrected chi connectivity index (χ4v) is 7.06. The second-order valence-electron chi connectivity index (χ2n) is 9.30. The Hall–Kier alpha value is -2.24. The van der Waals surface area contributed by atoms with Crippen LogP contribution < -0.4 is 9.64 Å². The van der Waals surface area contributed by atoms with Crippen molar-refractivity contribution >= 4 is 55.0 Å². The monoisotopic (exact) mass is 566 g/mol. The summed E-state index contributed by atoms with van der Waals surface area (Å²) in [5, 5.41) is 0.601. The molecule has 0 radical (unpaired) electrons. The molecule has 0 spiro atoms. The summed E-state index contributed by atoms with van der Waals surface area (Å²) in [6.45, 7) is 6.11.